The molecule has 1 saturated heterocycles. The number of allylic oxidation sites excluding steroid dienone is 1. The number of carbonyl (C=O) groups is 1. The first-order valence-electron chi connectivity index (χ1n) is 11.6. The summed E-state index contributed by atoms with van der Waals surface area (Å²) in [7, 11) is 2.14. The van der Waals surface area contributed by atoms with Crippen LogP contribution < -0.4 is 10.1 Å². The molecule has 1 fully saturated rings. The zero-order valence-corrected chi connectivity index (χ0v) is 20.5. The molecule has 0 atom stereocenters. The van der Waals surface area contributed by atoms with Crippen LogP contribution in [0.3, 0.4) is 0 Å². The highest BCUT2D eigenvalue weighted by molar-refractivity contribution is 6.31. The summed E-state index contributed by atoms with van der Waals surface area (Å²) >= 11 is 5.92. The van der Waals surface area contributed by atoms with Gasteiger partial charge in [-0.15, -0.1) is 0 Å². The second kappa shape index (κ2) is 11.6. The van der Waals surface area contributed by atoms with Crippen LogP contribution in [0.4, 0.5) is 15.9 Å². The van der Waals surface area contributed by atoms with Crippen LogP contribution in [0.25, 0.3) is 10.9 Å². The maximum atomic E-state index is 13.5. The molecule has 3 aromatic rings. The zero-order chi connectivity index (χ0) is 24.8. The third kappa shape index (κ3) is 6.54. The van der Waals surface area contributed by atoms with Gasteiger partial charge in [0.05, 0.1) is 17.1 Å². The molecule has 1 aliphatic rings. The third-order valence-corrected chi connectivity index (χ3v) is 6.35. The molecule has 2 heterocycles. The Morgan fingerprint density at radius 3 is 2.77 bits per heavy atom. The van der Waals surface area contributed by atoms with Crippen LogP contribution in [0.1, 0.15) is 12.0 Å². The molecule has 0 saturated carbocycles. The fourth-order valence-electron chi connectivity index (χ4n) is 4.01. The van der Waals surface area contributed by atoms with Gasteiger partial charge in [-0.1, -0.05) is 18.2 Å². The number of rotatable bonds is 10. The number of benzene rings is 2. The highest BCUT2D eigenvalue weighted by atomic mass is 35.5. The predicted octanol–water partition coefficient (Wildman–Crippen LogP) is 4.48. The molecule has 35 heavy (non-hydrogen) atoms. The highest BCUT2D eigenvalue weighted by Gasteiger charge is 2.15. The lowest BCUT2D eigenvalue weighted by Gasteiger charge is -2.32. The van der Waals surface area contributed by atoms with Crippen molar-refractivity contribution < 1.29 is 13.9 Å². The van der Waals surface area contributed by atoms with Crippen molar-refractivity contribution in [3.63, 3.8) is 0 Å². The lowest BCUT2D eigenvalue weighted by molar-refractivity contribution is -0.114. The number of nitrogens with one attached hydrogen (secondary N) is 1. The number of piperazine rings is 1. The third-order valence-electron chi connectivity index (χ3n) is 6.06. The minimum Gasteiger partial charge on any atom is -0.493 e. The van der Waals surface area contributed by atoms with E-state index in [1.54, 1.807) is 6.07 Å². The molecular weight excluding hydrogens is 469 g/mol. The van der Waals surface area contributed by atoms with E-state index in [1.165, 1.54) is 24.5 Å². The van der Waals surface area contributed by atoms with Gasteiger partial charge in [0.25, 0.3) is 0 Å². The van der Waals surface area contributed by atoms with E-state index in [2.05, 4.69) is 38.7 Å². The minimum atomic E-state index is -0.496. The number of likely N-dealkylation sites (N-methyl/N-ethyl adjacent to an activating group) is 1. The summed E-state index contributed by atoms with van der Waals surface area (Å²) in [6, 6.07) is 8.05. The van der Waals surface area contributed by atoms with E-state index < -0.39 is 5.82 Å². The van der Waals surface area contributed by atoms with Crippen LogP contribution in [-0.2, 0) is 11.2 Å². The quantitative estimate of drug-likeness (QED) is 0.327. The lowest BCUT2D eigenvalue weighted by Crippen LogP contribution is -2.44. The monoisotopic (exact) mass is 497 g/mol. The molecule has 0 amide bonds. The Kier molecular flexibility index (Phi) is 8.28. The first-order valence-corrected chi connectivity index (χ1v) is 12.0. The standard InChI is InChI=1S/C26H29ClFN5O2/c1-3-20(34)13-18-14-21-24(16-25(18)35-12-4-7-33-10-8-32(2)9-11-33)29-17-30-26(21)31-19-5-6-23(28)22(27)15-19/h3,5-6,14-17H,1,4,7-13H2,2H3,(H,29,30,31). The fourth-order valence-corrected chi connectivity index (χ4v) is 4.19. The largest absolute Gasteiger partial charge is 0.493 e. The maximum Gasteiger partial charge on any atom is 0.159 e. The van der Waals surface area contributed by atoms with Crippen LogP contribution in [0.2, 0.25) is 5.02 Å². The summed E-state index contributed by atoms with van der Waals surface area (Å²) in [5.74, 6) is 0.542. The summed E-state index contributed by atoms with van der Waals surface area (Å²) < 4.78 is 19.7. The summed E-state index contributed by atoms with van der Waals surface area (Å²) in [5.41, 5.74) is 1.99. The normalized spacial score (nSPS) is 14.7. The molecule has 0 unspecified atom stereocenters. The van der Waals surface area contributed by atoms with Gasteiger partial charge in [0.1, 0.15) is 23.7 Å². The Morgan fingerprint density at radius 1 is 1.23 bits per heavy atom. The Morgan fingerprint density at radius 2 is 2.03 bits per heavy atom. The predicted molar refractivity (Wildman–Crippen MR) is 137 cm³/mol. The van der Waals surface area contributed by atoms with Crippen molar-refractivity contribution >= 4 is 39.8 Å². The second-order valence-electron chi connectivity index (χ2n) is 8.65. The van der Waals surface area contributed by atoms with E-state index in [9.17, 15) is 9.18 Å². The van der Waals surface area contributed by atoms with Crippen LogP contribution >= 0.6 is 11.6 Å². The van der Waals surface area contributed by atoms with E-state index >= 15 is 0 Å². The number of hydrogen-bond acceptors (Lipinski definition) is 7. The van der Waals surface area contributed by atoms with E-state index in [-0.39, 0.29) is 17.2 Å². The van der Waals surface area contributed by atoms with Gasteiger partial charge in [0.15, 0.2) is 5.78 Å². The molecule has 0 bridgehead atoms. The van der Waals surface area contributed by atoms with Crippen LogP contribution in [0, 0.1) is 5.82 Å². The second-order valence-corrected chi connectivity index (χ2v) is 9.05. The molecule has 0 spiro atoms. The number of anilines is 2. The first kappa shape index (κ1) is 25.0. The van der Waals surface area contributed by atoms with E-state index in [1.807, 2.05) is 12.1 Å². The van der Waals surface area contributed by atoms with E-state index in [0.29, 0.717) is 34.8 Å². The molecule has 0 radical (unpaired) electrons. The molecule has 2 aromatic carbocycles. The summed E-state index contributed by atoms with van der Waals surface area (Å²) in [6.45, 7) is 9.40. The van der Waals surface area contributed by atoms with Crippen molar-refractivity contribution in [3.05, 3.63) is 65.7 Å². The molecule has 184 valence electrons. The first-order chi connectivity index (χ1) is 16.9. The molecular formula is C26H29ClFN5O2. The van der Waals surface area contributed by atoms with Crippen LogP contribution in [-0.4, -0.2) is 71.9 Å². The van der Waals surface area contributed by atoms with Crippen molar-refractivity contribution in [2.45, 2.75) is 12.8 Å². The van der Waals surface area contributed by atoms with Crippen LogP contribution in [0.5, 0.6) is 5.75 Å². The fraction of sp³-hybridized carbons (Fsp3) is 0.346. The maximum absolute atomic E-state index is 13.5. The van der Waals surface area contributed by atoms with Crippen molar-refractivity contribution in [2.75, 3.05) is 51.7 Å². The number of ketones is 1. The summed E-state index contributed by atoms with van der Waals surface area (Å²) in [6.07, 6.45) is 3.80. The van der Waals surface area contributed by atoms with Crippen molar-refractivity contribution in [1.82, 2.24) is 19.8 Å². The number of aromatic nitrogens is 2. The molecule has 0 aliphatic carbocycles. The Bertz CT molecular complexity index is 1210. The van der Waals surface area contributed by atoms with Crippen molar-refractivity contribution in [3.8, 4) is 5.75 Å². The molecule has 1 aliphatic heterocycles. The van der Waals surface area contributed by atoms with Gasteiger partial charge in [0, 0.05) is 61.8 Å². The molecule has 4 rings (SSSR count). The highest BCUT2D eigenvalue weighted by Crippen LogP contribution is 2.31. The average Bonchev–Trinajstić information content (AvgIpc) is 2.85. The van der Waals surface area contributed by atoms with Crippen LogP contribution in [0.15, 0.2) is 49.3 Å². The number of fused-ring (bicyclic) bond motifs is 1. The van der Waals surface area contributed by atoms with Crippen molar-refractivity contribution in [2.24, 2.45) is 0 Å². The van der Waals surface area contributed by atoms with Gasteiger partial charge in [-0.25, -0.2) is 14.4 Å². The smallest absolute Gasteiger partial charge is 0.159 e. The van der Waals surface area contributed by atoms with Gasteiger partial charge < -0.3 is 19.9 Å². The number of nitrogens with zero attached hydrogens (tertiary/aromatic N) is 4. The number of halogens is 2. The topological polar surface area (TPSA) is 70.6 Å². The van der Waals surface area contributed by atoms with E-state index in [0.717, 1.165) is 44.7 Å². The Balaban J connectivity index is 1.53. The van der Waals surface area contributed by atoms with Crippen molar-refractivity contribution in [1.29, 1.82) is 0 Å². The minimum absolute atomic E-state index is 0.0119. The SMILES string of the molecule is C=CC(=O)Cc1cc2c(Nc3ccc(F)c(Cl)c3)ncnc2cc1OCCCN1CCN(C)CC1. The van der Waals surface area contributed by atoms with Gasteiger partial charge in [-0.05, 0) is 43.8 Å². The number of ether oxygens (including phenoxy) is 1. The molecule has 1 N–H and O–H groups in total. The summed E-state index contributed by atoms with van der Waals surface area (Å²) in [5, 5.41) is 3.89. The Hall–Kier alpha value is -3.07. The zero-order valence-electron chi connectivity index (χ0n) is 19.8. The molecule has 9 heteroatoms. The average molecular weight is 498 g/mol. The summed E-state index contributed by atoms with van der Waals surface area (Å²) in [4.78, 5) is 25.7. The molecule has 7 nitrogen and oxygen atoms in total. The Labute approximate surface area is 209 Å². The van der Waals surface area contributed by atoms with E-state index in [4.69, 9.17) is 16.3 Å². The lowest BCUT2D eigenvalue weighted by atomic mass is 10.0. The number of carbonyl (C=O) groups excluding carboxylic acids is 1. The molecule has 1 aromatic heterocycles. The van der Waals surface area contributed by atoms with Gasteiger partial charge in [-0.2, -0.15) is 0 Å². The van der Waals surface area contributed by atoms with Gasteiger partial charge in [0.2, 0.25) is 0 Å². The number of hydrogen-bond donors (Lipinski definition) is 1. The van der Waals surface area contributed by atoms with Gasteiger partial charge >= 0.3 is 0 Å². The van der Waals surface area contributed by atoms with Gasteiger partial charge in [-0.3, -0.25) is 4.79 Å².